The van der Waals surface area contributed by atoms with Gasteiger partial charge in [-0.15, -0.1) is 11.3 Å². The van der Waals surface area contributed by atoms with Crippen molar-refractivity contribution in [1.82, 2.24) is 10.3 Å². The molecule has 4 aromatic rings. The quantitative estimate of drug-likeness (QED) is 0.387. The molecule has 0 fully saturated rings. The second-order valence-corrected chi connectivity index (χ2v) is 8.60. The number of nitrogens with zero attached hydrogens (tertiary/aromatic N) is 2. The fourth-order valence-electron chi connectivity index (χ4n) is 3.74. The number of aliphatic hydroxyl groups excluding tert-OH is 1. The van der Waals surface area contributed by atoms with E-state index in [4.69, 9.17) is 5.41 Å². The molecule has 8 heteroatoms. The first-order valence-electron chi connectivity index (χ1n) is 10.3. The Kier molecular flexibility index (Phi) is 5.35. The first-order valence-corrected chi connectivity index (χ1v) is 11.1. The first kappa shape index (κ1) is 20.8. The number of amides is 1. The predicted molar refractivity (Wildman–Crippen MR) is 128 cm³/mol. The topological polar surface area (TPSA) is 89.3 Å². The molecule has 1 aliphatic rings. The highest BCUT2D eigenvalue weighted by atomic mass is 32.1. The third kappa shape index (κ3) is 3.96. The van der Waals surface area contributed by atoms with E-state index < -0.39 is 0 Å². The highest BCUT2D eigenvalue weighted by Crippen LogP contribution is 2.35. The largest absolute Gasteiger partial charge is 0.510 e. The maximum absolute atomic E-state index is 13.8. The molecular formula is C25H19FN4O2S. The summed E-state index contributed by atoms with van der Waals surface area (Å²) in [6, 6.07) is 20.8. The van der Waals surface area contributed by atoms with Gasteiger partial charge in [-0.2, -0.15) is 0 Å². The van der Waals surface area contributed by atoms with Crippen LogP contribution in [-0.4, -0.2) is 28.4 Å². The highest BCUT2D eigenvalue weighted by molar-refractivity contribution is 7.19. The Hall–Kier alpha value is -4.04. The van der Waals surface area contributed by atoms with Gasteiger partial charge in [-0.05, 0) is 36.4 Å². The molecule has 164 valence electrons. The van der Waals surface area contributed by atoms with Gasteiger partial charge in [-0.1, -0.05) is 36.4 Å². The lowest BCUT2D eigenvalue weighted by molar-refractivity contribution is 0.0950. The number of aromatic nitrogens is 1. The summed E-state index contributed by atoms with van der Waals surface area (Å²) in [5, 5.41) is 22.6. The second-order valence-electron chi connectivity index (χ2n) is 7.57. The number of nitrogens with one attached hydrogen (secondary N) is 2. The van der Waals surface area contributed by atoms with Gasteiger partial charge < -0.3 is 15.3 Å². The van der Waals surface area contributed by atoms with Gasteiger partial charge in [0.05, 0.1) is 22.3 Å². The summed E-state index contributed by atoms with van der Waals surface area (Å²) in [5.74, 6) is -0.542. The van der Waals surface area contributed by atoms with Crippen LogP contribution in [0.4, 0.5) is 10.1 Å². The van der Waals surface area contributed by atoms with Crippen LogP contribution in [0, 0.1) is 11.2 Å². The van der Waals surface area contributed by atoms with E-state index in [0.29, 0.717) is 27.4 Å². The van der Waals surface area contributed by atoms with Gasteiger partial charge in [-0.3, -0.25) is 10.2 Å². The number of carbonyl (C=O) groups is 1. The highest BCUT2D eigenvalue weighted by Gasteiger charge is 2.31. The van der Waals surface area contributed by atoms with Gasteiger partial charge in [0.1, 0.15) is 22.4 Å². The molecule has 0 bridgehead atoms. The molecule has 3 N–H and O–H groups in total. The number of anilines is 1. The fourth-order valence-corrected chi connectivity index (χ4v) is 4.77. The molecule has 1 aliphatic heterocycles. The molecule has 0 radical (unpaired) electrons. The minimum Gasteiger partial charge on any atom is -0.510 e. The molecule has 0 saturated carbocycles. The van der Waals surface area contributed by atoms with E-state index in [0.717, 1.165) is 10.2 Å². The predicted octanol–water partition coefficient (Wildman–Crippen LogP) is 5.13. The summed E-state index contributed by atoms with van der Waals surface area (Å²) in [6.07, 6.45) is 0. The summed E-state index contributed by atoms with van der Waals surface area (Å²) >= 11 is 1.42. The summed E-state index contributed by atoms with van der Waals surface area (Å²) < 4.78 is 14.8. The number of hydrogen-bond acceptors (Lipinski definition) is 5. The van der Waals surface area contributed by atoms with Gasteiger partial charge in [0.15, 0.2) is 0 Å². The minimum absolute atomic E-state index is 0.0634. The van der Waals surface area contributed by atoms with E-state index in [2.05, 4.69) is 10.3 Å². The molecule has 3 aromatic carbocycles. The molecule has 5 rings (SSSR count). The third-order valence-electron chi connectivity index (χ3n) is 5.43. The molecule has 33 heavy (non-hydrogen) atoms. The molecule has 1 amide bonds. The van der Waals surface area contributed by atoms with Gasteiger partial charge in [0, 0.05) is 23.4 Å². The monoisotopic (exact) mass is 458 g/mol. The summed E-state index contributed by atoms with van der Waals surface area (Å²) in [5.41, 5.74) is 2.59. The summed E-state index contributed by atoms with van der Waals surface area (Å²) in [4.78, 5) is 18.9. The third-order valence-corrected chi connectivity index (χ3v) is 6.48. The van der Waals surface area contributed by atoms with Gasteiger partial charge in [-0.25, -0.2) is 9.37 Å². The molecule has 0 aliphatic carbocycles. The molecule has 1 aromatic heterocycles. The summed E-state index contributed by atoms with van der Waals surface area (Å²) in [6.45, 7) is 0.184. The first-order chi connectivity index (χ1) is 16.0. The number of fused-ring (bicyclic) bond motifs is 1. The van der Waals surface area contributed by atoms with Crippen LogP contribution in [0.15, 0.2) is 78.6 Å². The zero-order valence-corrected chi connectivity index (χ0v) is 18.2. The number of carbonyl (C=O) groups excluding carboxylic acids is 1. The normalized spacial score (nSPS) is 13.7. The SMILES string of the molecule is N=C1C(c2nc3ccccc3s2)=C(O)CN1c1cccc(C(=O)NCc2ccccc2F)c1. The smallest absolute Gasteiger partial charge is 0.251 e. The van der Waals surface area contributed by atoms with E-state index in [1.807, 2.05) is 24.3 Å². The Bertz CT molecular complexity index is 1400. The maximum Gasteiger partial charge on any atom is 0.251 e. The molecule has 0 atom stereocenters. The second kappa shape index (κ2) is 8.48. The zero-order valence-electron chi connectivity index (χ0n) is 17.4. The lowest BCUT2D eigenvalue weighted by atomic mass is 10.1. The van der Waals surface area contributed by atoms with Crippen LogP contribution in [0.5, 0.6) is 0 Å². The average Bonchev–Trinajstić information content (AvgIpc) is 3.38. The average molecular weight is 459 g/mol. The lowest BCUT2D eigenvalue weighted by Crippen LogP contribution is -2.27. The number of aliphatic hydroxyl groups is 1. The number of thiazole rings is 1. The number of hydrogen-bond donors (Lipinski definition) is 3. The summed E-state index contributed by atoms with van der Waals surface area (Å²) in [7, 11) is 0. The van der Waals surface area contributed by atoms with Crippen molar-refractivity contribution in [1.29, 1.82) is 5.41 Å². The van der Waals surface area contributed by atoms with Crippen molar-refractivity contribution >= 4 is 44.6 Å². The molecule has 0 saturated heterocycles. The van der Waals surface area contributed by atoms with Crippen LogP contribution in [0.25, 0.3) is 15.8 Å². The van der Waals surface area contributed by atoms with E-state index in [1.54, 1.807) is 47.4 Å². The van der Waals surface area contributed by atoms with Crippen LogP contribution in [0.2, 0.25) is 0 Å². The van der Waals surface area contributed by atoms with Gasteiger partial charge in [0.2, 0.25) is 0 Å². The van der Waals surface area contributed by atoms with E-state index in [-0.39, 0.29) is 36.4 Å². The van der Waals surface area contributed by atoms with Crippen molar-refractivity contribution in [2.45, 2.75) is 6.54 Å². The Morgan fingerprint density at radius 1 is 1.12 bits per heavy atom. The Morgan fingerprint density at radius 2 is 1.91 bits per heavy atom. The van der Waals surface area contributed by atoms with Crippen molar-refractivity contribution < 1.29 is 14.3 Å². The molecule has 6 nitrogen and oxygen atoms in total. The van der Waals surface area contributed by atoms with Crippen LogP contribution in [-0.2, 0) is 6.54 Å². The Morgan fingerprint density at radius 3 is 2.73 bits per heavy atom. The number of halogens is 1. The van der Waals surface area contributed by atoms with Crippen molar-refractivity contribution in [3.8, 4) is 0 Å². The minimum atomic E-state index is -0.374. The van der Waals surface area contributed by atoms with Crippen LogP contribution >= 0.6 is 11.3 Å². The van der Waals surface area contributed by atoms with E-state index >= 15 is 0 Å². The van der Waals surface area contributed by atoms with Crippen molar-refractivity contribution in [3.05, 3.63) is 101 Å². The number of para-hydroxylation sites is 1. The zero-order chi connectivity index (χ0) is 22.9. The van der Waals surface area contributed by atoms with Crippen molar-refractivity contribution in [2.24, 2.45) is 0 Å². The number of amidine groups is 1. The van der Waals surface area contributed by atoms with Crippen LogP contribution in [0.3, 0.4) is 0 Å². The molecule has 2 heterocycles. The van der Waals surface area contributed by atoms with Gasteiger partial charge in [0.25, 0.3) is 5.91 Å². The molecule has 0 unspecified atom stereocenters. The number of rotatable bonds is 5. The fraction of sp³-hybridized carbons (Fsp3) is 0.0800. The van der Waals surface area contributed by atoms with Crippen molar-refractivity contribution in [3.63, 3.8) is 0 Å². The molecular weight excluding hydrogens is 439 g/mol. The van der Waals surface area contributed by atoms with Crippen LogP contribution < -0.4 is 10.2 Å². The van der Waals surface area contributed by atoms with Gasteiger partial charge >= 0.3 is 0 Å². The molecule has 0 spiro atoms. The number of benzene rings is 3. The van der Waals surface area contributed by atoms with E-state index in [1.165, 1.54) is 17.4 Å². The standard InChI is InChI=1S/C25H19FN4O2S/c26-18-9-2-1-6-16(18)13-28-24(32)15-7-5-8-17(12-15)30-14-20(31)22(23(30)27)25-29-19-10-3-4-11-21(19)33-25/h1-12,27,31H,13-14H2,(H,28,32). The van der Waals surface area contributed by atoms with Crippen LogP contribution in [0.1, 0.15) is 20.9 Å². The Labute approximate surface area is 193 Å². The Balaban J connectivity index is 1.35. The maximum atomic E-state index is 13.8. The van der Waals surface area contributed by atoms with E-state index in [9.17, 15) is 14.3 Å². The van der Waals surface area contributed by atoms with Crippen molar-refractivity contribution in [2.75, 3.05) is 11.4 Å². The lowest BCUT2D eigenvalue weighted by Gasteiger charge is -2.19.